The maximum Gasteiger partial charge on any atom is 0.490 e. The molecule has 186 valence electrons. The van der Waals surface area contributed by atoms with Crippen LogP contribution in [0.5, 0.6) is 0 Å². The Morgan fingerprint density at radius 2 is 1.82 bits per heavy atom. The van der Waals surface area contributed by atoms with Crippen molar-refractivity contribution in [2.24, 2.45) is 0 Å². The van der Waals surface area contributed by atoms with Crippen LogP contribution in [0, 0.1) is 18.8 Å². The van der Waals surface area contributed by atoms with E-state index >= 15 is 0 Å². The second kappa shape index (κ2) is 9.85. The van der Waals surface area contributed by atoms with E-state index in [-0.39, 0.29) is 5.69 Å². The van der Waals surface area contributed by atoms with Crippen LogP contribution < -0.4 is 11.2 Å². The molecular formula is C13H18ClN2O14P3. The summed E-state index contributed by atoms with van der Waals surface area (Å²) in [5.74, 6) is 4.90. The molecule has 1 fully saturated rings. The number of nitrogens with zero attached hydrogens (tertiary/aromatic N) is 1. The average molecular weight is 555 g/mol. The summed E-state index contributed by atoms with van der Waals surface area (Å²) >= 11 is 6.42. The Morgan fingerprint density at radius 1 is 1.21 bits per heavy atom. The number of aliphatic hydroxyl groups is 1. The highest BCUT2D eigenvalue weighted by Gasteiger charge is 2.57. The second-order valence-corrected chi connectivity index (χ2v) is 11.5. The summed E-state index contributed by atoms with van der Waals surface area (Å²) in [5, 5.41) is 10.6. The number of aryl methyl sites for hydroxylation is 1. The van der Waals surface area contributed by atoms with Crippen LogP contribution in [0.2, 0.25) is 0 Å². The summed E-state index contributed by atoms with van der Waals surface area (Å²) in [6.07, 6.45) is -4.92. The van der Waals surface area contributed by atoms with Crippen molar-refractivity contribution in [1.29, 1.82) is 0 Å². The first-order valence-electron chi connectivity index (χ1n) is 8.48. The zero-order chi connectivity index (χ0) is 25.4. The van der Waals surface area contributed by atoms with E-state index in [2.05, 4.69) is 25.0 Å². The highest BCUT2D eigenvalue weighted by atomic mass is 35.5. The summed E-state index contributed by atoms with van der Waals surface area (Å²) in [7, 11) is -16.9. The van der Waals surface area contributed by atoms with Crippen LogP contribution in [0.3, 0.4) is 0 Å². The molecule has 0 radical (unpaired) electrons. The number of H-pyrrole nitrogens is 1. The molecule has 0 amide bonds. The third-order valence-corrected chi connectivity index (χ3v) is 8.29. The molecule has 1 saturated heterocycles. The Hall–Kier alpha value is -1.14. The van der Waals surface area contributed by atoms with Gasteiger partial charge in [0, 0.05) is 11.8 Å². The molecule has 0 saturated carbocycles. The van der Waals surface area contributed by atoms with E-state index in [0.29, 0.717) is 0 Å². The van der Waals surface area contributed by atoms with Gasteiger partial charge in [0.25, 0.3) is 5.56 Å². The fourth-order valence-corrected chi connectivity index (χ4v) is 6.26. The number of nitrogens with one attached hydrogen (secondary N) is 1. The number of hydrogen-bond donors (Lipinski definition) is 6. The van der Waals surface area contributed by atoms with Crippen molar-refractivity contribution in [2.45, 2.75) is 37.2 Å². The largest absolute Gasteiger partial charge is 0.490 e. The second-order valence-electron chi connectivity index (χ2n) is 6.45. The Bertz CT molecular complexity index is 1230. The minimum atomic E-state index is -5.76. The Balaban J connectivity index is 2.29. The zero-order valence-corrected chi connectivity index (χ0v) is 20.0. The molecule has 1 aromatic rings. The molecule has 16 nitrogen and oxygen atoms in total. The number of ether oxygens (including phenoxy) is 1. The monoisotopic (exact) mass is 554 g/mol. The molecule has 0 aromatic carbocycles. The molecule has 1 aliphatic heterocycles. The molecule has 0 spiro atoms. The highest BCUT2D eigenvalue weighted by molar-refractivity contribution is 7.66. The molecule has 33 heavy (non-hydrogen) atoms. The molecule has 2 rings (SSSR count). The van der Waals surface area contributed by atoms with Gasteiger partial charge < -0.3 is 29.4 Å². The van der Waals surface area contributed by atoms with Crippen LogP contribution in [0.25, 0.3) is 0 Å². The smallest absolute Gasteiger partial charge is 0.387 e. The van der Waals surface area contributed by atoms with Gasteiger partial charge in [-0.05, 0) is 13.8 Å². The molecule has 6 N–H and O–H groups in total. The van der Waals surface area contributed by atoms with Crippen molar-refractivity contribution < 1.29 is 56.3 Å². The van der Waals surface area contributed by atoms with Crippen molar-refractivity contribution in [2.75, 3.05) is 6.61 Å². The van der Waals surface area contributed by atoms with E-state index < -0.39 is 64.6 Å². The first-order chi connectivity index (χ1) is 14.9. The molecule has 2 heterocycles. The number of aromatic nitrogens is 2. The maximum atomic E-state index is 12.3. The third kappa shape index (κ3) is 6.94. The first kappa shape index (κ1) is 28.1. The van der Waals surface area contributed by atoms with Crippen molar-refractivity contribution in [3.05, 3.63) is 32.6 Å². The van der Waals surface area contributed by atoms with Gasteiger partial charge in [0.1, 0.15) is 12.2 Å². The third-order valence-electron chi connectivity index (χ3n) is 3.98. The van der Waals surface area contributed by atoms with Gasteiger partial charge >= 0.3 is 29.2 Å². The van der Waals surface area contributed by atoms with Gasteiger partial charge in [-0.1, -0.05) is 17.5 Å². The van der Waals surface area contributed by atoms with Gasteiger partial charge in [0.15, 0.2) is 11.1 Å². The highest BCUT2D eigenvalue weighted by Crippen LogP contribution is 2.66. The summed E-state index contributed by atoms with van der Waals surface area (Å²) in [6, 6.07) is 1.03. The predicted molar refractivity (Wildman–Crippen MR) is 108 cm³/mol. The van der Waals surface area contributed by atoms with Gasteiger partial charge in [-0.25, -0.2) is 18.5 Å². The van der Waals surface area contributed by atoms with Gasteiger partial charge in [-0.2, -0.15) is 8.62 Å². The molecule has 0 aliphatic carbocycles. The Morgan fingerprint density at radius 3 is 2.33 bits per heavy atom. The average Bonchev–Trinajstić information content (AvgIpc) is 2.81. The van der Waals surface area contributed by atoms with E-state index in [1.54, 1.807) is 0 Å². The Labute approximate surface area is 189 Å². The van der Waals surface area contributed by atoms with Gasteiger partial charge in [-0.15, -0.1) is 5.92 Å². The van der Waals surface area contributed by atoms with Crippen LogP contribution in [0.15, 0.2) is 15.7 Å². The van der Waals surface area contributed by atoms with Gasteiger partial charge in [-0.3, -0.25) is 18.9 Å². The van der Waals surface area contributed by atoms with Crippen LogP contribution in [-0.2, 0) is 31.6 Å². The predicted octanol–water partition coefficient (Wildman–Crippen LogP) is -0.552. The lowest BCUT2D eigenvalue weighted by atomic mass is 9.99. The number of aromatic amines is 1. The minimum Gasteiger partial charge on any atom is -0.387 e. The molecule has 6 atom stereocenters. The van der Waals surface area contributed by atoms with Crippen molar-refractivity contribution in [1.82, 2.24) is 9.55 Å². The molecule has 1 aromatic heterocycles. The van der Waals surface area contributed by atoms with Crippen LogP contribution in [-0.4, -0.2) is 57.9 Å². The standard InChI is InChI=1S/C13H18ClN2O14P3/c1-3-4-13(14)10(18)8(28-11(13)16-7(2)5-9(17)15-12(16)19)6-27-32(23,24)30-33(25,26)29-31(20,21)22/h5,8,10-11,18H,6H2,1-2H3,(H,23,24)(H,25,26)(H,15,17,19)(H2,20,21,22)/t8-,10+,11-,13?/m1/s1. The quantitative estimate of drug-likeness (QED) is 0.134. The van der Waals surface area contributed by atoms with E-state index in [9.17, 15) is 38.2 Å². The van der Waals surface area contributed by atoms with Crippen LogP contribution >= 0.6 is 35.1 Å². The number of phosphoric acid groups is 3. The molecule has 3 unspecified atom stereocenters. The van der Waals surface area contributed by atoms with Gasteiger partial charge in [0.2, 0.25) is 0 Å². The molecule has 1 aliphatic rings. The first-order valence-corrected chi connectivity index (χ1v) is 13.4. The number of aliphatic hydroxyl groups excluding tert-OH is 1. The van der Waals surface area contributed by atoms with E-state index in [0.717, 1.165) is 10.6 Å². The number of alkyl halides is 1. The Kier molecular flexibility index (Phi) is 8.39. The van der Waals surface area contributed by atoms with Crippen LogP contribution in [0.1, 0.15) is 18.8 Å². The van der Waals surface area contributed by atoms with Crippen molar-refractivity contribution in [3.63, 3.8) is 0 Å². The molecular weight excluding hydrogens is 537 g/mol. The number of hydrogen-bond acceptors (Lipinski definition) is 10. The summed E-state index contributed by atoms with van der Waals surface area (Å²) in [4.78, 5) is 59.6. The van der Waals surface area contributed by atoms with Gasteiger partial charge in [0.05, 0.1) is 6.61 Å². The van der Waals surface area contributed by atoms with E-state index in [1.165, 1.54) is 13.8 Å². The molecule has 0 bridgehead atoms. The van der Waals surface area contributed by atoms with E-state index in [4.69, 9.17) is 26.1 Å². The lowest BCUT2D eigenvalue weighted by molar-refractivity contribution is -0.0462. The number of rotatable bonds is 8. The fraction of sp³-hybridized carbons (Fsp3) is 0.538. The lowest BCUT2D eigenvalue weighted by Crippen LogP contribution is -2.45. The zero-order valence-electron chi connectivity index (χ0n) is 16.6. The number of phosphoric ester groups is 1. The lowest BCUT2D eigenvalue weighted by Gasteiger charge is -2.26. The molecule has 20 heteroatoms. The SMILES string of the molecule is CC#CC1(Cl)[C@@H](O)[C@@H](COP(=O)(O)OP(=O)(O)OP(=O)(O)O)O[C@H]1n1c(C)cc(=O)[nH]c1=O. The summed E-state index contributed by atoms with van der Waals surface area (Å²) < 4.78 is 52.0. The summed E-state index contributed by atoms with van der Waals surface area (Å²) in [6.45, 7) is 1.68. The number of halogens is 1. The van der Waals surface area contributed by atoms with E-state index in [1.807, 2.05) is 4.98 Å². The van der Waals surface area contributed by atoms with Crippen LogP contribution in [0.4, 0.5) is 0 Å². The van der Waals surface area contributed by atoms with Crippen molar-refractivity contribution >= 4 is 35.1 Å². The normalized spacial score (nSPS) is 29.0. The fourth-order valence-electron chi connectivity index (χ4n) is 2.85. The topological polar surface area (TPSA) is 244 Å². The minimum absolute atomic E-state index is 0.0671. The summed E-state index contributed by atoms with van der Waals surface area (Å²) in [5.41, 5.74) is -1.62. The van der Waals surface area contributed by atoms with Crippen molar-refractivity contribution in [3.8, 4) is 11.8 Å². The maximum absolute atomic E-state index is 12.3.